The van der Waals surface area contributed by atoms with Crippen LogP contribution in [-0.4, -0.2) is 28.3 Å². The molecular weight excluding hydrogens is 194 g/mol. The normalized spacial score (nSPS) is 12.2. The maximum Gasteiger partial charge on any atom is 0.258 e. The second-order valence-electron chi connectivity index (χ2n) is 3.52. The van der Waals surface area contributed by atoms with Crippen molar-refractivity contribution in [2.24, 2.45) is 7.05 Å². The number of carbonyl (C=O) groups is 1. The van der Waals surface area contributed by atoms with Crippen LogP contribution in [0.5, 0.6) is 5.75 Å². The van der Waals surface area contributed by atoms with Crippen molar-refractivity contribution in [3.05, 3.63) is 12.4 Å². The minimum absolute atomic E-state index is 0.0377. The Morgan fingerprint density at radius 2 is 2.47 bits per heavy atom. The number of nitrogens with zero attached hydrogens (tertiary/aromatic N) is 2. The number of aromatic nitrogens is 2. The summed E-state index contributed by atoms with van der Waals surface area (Å²) in [6.07, 6.45) is 4.21. The molecule has 15 heavy (non-hydrogen) atoms. The largest absolute Gasteiger partial charge is 0.480 e. The minimum Gasteiger partial charge on any atom is -0.480 e. The molecule has 1 amide bonds. The van der Waals surface area contributed by atoms with Crippen LogP contribution in [0.2, 0.25) is 0 Å². The van der Waals surface area contributed by atoms with Crippen LogP contribution < -0.4 is 10.1 Å². The molecule has 1 atom stereocenters. The number of nitrogens with one attached hydrogen (secondary N) is 1. The van der Waals surface area contributed by atoms with Crippen LogP contribution in [0, 0.1) is 0 Å². The third-order valence-corrected chi connectivity index (χ3v) is 2.07. The molecule has 0 saturated carbocycles. The number of hydrogen-bond acceptors (Lipinski definition) is 3. The second kappa shape index (κ2) is 5.38. The number of hydrogen-bond donors (Lipinski definition) is 1. The number of carbonyl (C=O) groups excluding carboxylic acids is 1. The van der Waals surface area contributed by atoms with Crippen LogP contribution in [0.3, 0.4) is 0 Å². The van der Waals surface area contributed by atoms with Crippen molar-refractivity contribution in [1.29, 1.82) is 0 Å². The van der Waals surface area contributed by atoms with Gasteiger partial charge in [0.15, 0.2) is 12.4 Å². The summed E-state index contributed by atoms with van der Waals surface area (Å²) in [5, 5.41) is 6.75. The summed E-state index contributed by atoms with van der Waals surface area (Å²) < 4.78 is 6.87. The lowest BCUT2D eigenvalue weighted by atomic mass is 10.2. The van der Waals surface area contributed by atoms with E-state index < -0.39 is 0 Å². The third-order valence-electron chi connectivity index (χ3n) is 2.07. The van der Waals surface area contributed by atoms with Gasteiger partial charge in [-0.2, -0.15) is 5.10 Å². The molecule has 5 heteroatoms. The summed E-state index contributed by atoms with van der Waals surface area (Å²) >= 11 is 0. The highest BCUT2D eigenvalue weighted by Gasteiger charge is 2.06. The molecule has 84 valence electrons. The van der Waals surface area contributed by atoms with Gasteiger partial charge in [0.2, 0.25) is 0 Å². The van der Waals surface area contributed by atoms with Crippen molar-refractivity contribution in [2.75, 3.05) is 6.61 Å². The highest BCUT2D eigenvalue weighted by molar-refractivity contribution is 5.77. The number of aryl methyl sites for hydroxylation is 1. The van der Waals surface area contributed by atoms with Crippen molar-refractivity contribution in [2.45, 2.75) is 26.3 Å². The fourth-order valence-corrected chi connectivity index (χ4v) is 1.04. The van der Waals surface area contributed by atoms with Crippen molar-refractivity contribution in [1.82, 2.24) is 15.1 Å². The van der Waals surface area contributed by atoms with Gasteiger partial charge in [0.1, 0.15) is 0 Å². The van der Waals surface area contributed by atoms with Gasteiger partial charge < -0.3 is 10.1 Å². The first-order valence-electron chi connectivity index (χ1n) is 5.02. The molecule has 1 unspecified atom stereocenters. The second-order valence-corrected chi connectivity index (χ2v) is 3.52. The van der Waals surface area contributed by atoms with E-state index in [1.54, 1.807) is 24.1 Å². The van der Waals surface area contributed by atoms with Gasteiger partial charge in [-0.1, -0.05) is 6.92 Å². The molecule has 1 aromatic rings. The zero-order valence-corrected chi connectivity index (χ0v) is 9.36. The van der Waals surface area contributed by atoms with E-state index in [1.807, 2.05) is 13.8 Å². The first kappa shape index (κ1) is 11.6. The van der Waals surface area contributed by atoms with Crippen LogP contribution in [0.4, 0.5) is 0 Å². The Bertz CT molecular complexity index is 322. The lowest BCUT2D eigenvalue weighted by Crippen LogP contribution is -2.35. The quantitative estimate of drug-likeness (QED) is 0.780. The van der Waals surface area contributed by atoms with Crippen molar-refractivity contribution in [3.63, 3.8) is 0 Å². The SMILES string of the molecule is CCC(C)NC(=O)COc1cnn(C)c1. The van der Waals surface area contributed by atoms with Crippen molar-refractivity contribution >= 4 is 5.91 Å². The van der Waals surface area contributed by atoms with E-state index in [4.69, 9.17) is 4.74 Å². The van der Waals surface area contributed by atoms with Gasteiger partial charge in [-0.25, -0.2) is 0 Å². The molecule has 1 N–H and O–H groups in total. The van der Waals surface area contributed by atoms with E-state index in [-0.39, 0.29) is 18.6 Å². The first-order valence-corrected chi connectivity index (χ1v) is 5.02. The molecule has 0 bridgehead atoms. The Hall–Kier alpha value is -1.52. The Kier molecular flexibility index (Phi) is 4.15. The zero-order valence-electron chi connectivity index (χ0n) is 9.36. The Morgan fingerprint density at radius 3 is 3.00 bits per heavy atom. The van der Waals surface area contributed by atoms with Crippen LogP contribution in [-0.2, 0) is 11.8 Å². The maximum atomic E-state index is 11.3. The lowest BCUT2D eigenvalue weighted by molar-refractivity contribution is -0.123. The fraction of sp³-hybridized carbons (Fsp3) is 0.600. The van der Waals surface area contributed by atoms with Gasteiger partial charge in [-0.05, 0) is 13.3 Å². The summed E-state index contributed by atoms with van der Waals surface area (Å²) in [4.78, 5) is 11.3. The molecule has 0 radical (unpaired) electrons. The number of rotatable bonds is 5. The molecule has 1 rings (SSSR count). The zero-order chi connectivity index (χ0) is 11.3. The van der Waals surface area contributed by atoms with Gasteiger partial charge in [0, 0.05) is 13.1 Å². The molecule has 0 saturated heterocycles. The van der Waals surface area contributed by atoms with Gasteiger partial charge in [0.25, 0.3) is 5.91 Å². The van der Waals surface area contributed by atoms with Crippen molar-refractivity contribution in [3.8, 4) is 5.75 Å². The van der Waals surface area contributed by atoms with Crippen LogP contribution in [0.1, 0.15) is 20.3 Å². The average Bonchev–Trinajstić information content (AvgIpc) is 2.61. The number of ether oxygens (including phenoxy) is 1. The van der Waals surface area contributed by atoms with Crippen LogP contribution in [0.15, 0.2) is 12.4 Å². The molecule has 0 aliphatic rings. The Balaban J connectivity index is 2.28. The highest BCUT2D eigenvalue weighted by Crippen LogP contribution is 2.06. The standard InChI is InChI=1S/C10H17N3O2/c1-4-8(2)12-10(14)7-15-9-5-11-13(3)6-9/h5-6,8H,4,7H2,1-3H3,(H,12,14). The Labute approximate surface area is 89.4 Å². The predicted molar refractivity (Wildman–Crippen MR) is 56.6 cm³/mol. The van der Waals surface area contributed by atoms with Gasteiger partial charge >= 0.3 is 0 Å². The summed E-state index contributed by atoms with van der Waals surface area (Å²) in [6.45, 7) is 4.02. The molecule has 0 aliphatic heterocycles. The predicted octanol–water partition coefficient (Wildman–Crippen LogP) is 0.714. The fourth-order valence-electron chi connectivity index (χ4n) is 1.04. The highest BCUT2D eigenvalue weighted by atomic mass is 16.5. The van der Waals surface area contributed by atoms with E-state index in [9.17, 15) is 4.79 Å². The monoisotopic (exact) mass is 211 g/mol. The van der Waals surface area contributed by atoms with E-state index in [0.29, 0.717) is 5.75 Å². The van der Waals surface area contributed by atoms with Gasteiger partial charge in [-0.3, -0.25) is 9.48 Å². The summed E-state index contributed by atoms with van der Waals surface area (Å²) in [5.41, 5.74) is 0. The summed E-state index contributed by atoms with van der Waals surface area (Å²) in [6, 6.07) is 0.190. The molecule has 5 nitrogen and oxygen atoms in total. The molecular formula is C10H17N3O2. The minimum atomic E-state index is -0.104. The van der Waals surface area contributed by atoms with Gasteiger partial charge in [0.05, 0.1) is 12.4 Å². The molecule has 0 aromatic carbocycles. The van der Waals surface area contributed by atoms with E-state index in [1.165, 1.54) is 0 Å². The average molecular weight is 211 g/mol. The van der Waals surface area contributed by atoms with Crippen molar-refractivity contribution < 1.29 is 9.53 Å². The summed E-state index contributed by atoms with van der Waals surface area (Å²) in [7, 11) is 1.80. The smallest absolute Gasteiger partial charge is 0.258 e. The molecule has 1 aromatic heterocycles. The molecule has 0 spiro atoms. The third kappa shape index (κ3) is 4.01. The number of amides is 1. The van der Waals surface area contributed by atoms with Gasteiger partial charge in [-0.15, -0.1) is 0 Å². The first-order chi connectivity index (χ1) is 7.11. The molecule has 0 fully saturated rings. The summed E-state index contributed by atoms with van der Waals surface area (Å²) in [5.74, 6) is 0.505. The maximum absolute atomic E-state index is 11.3. The Morgan fingerprint density at radius 1 is 1.73 bits per heavy atom. The van der Waals surface area contributed by atoms with Crippen LogP contribution in [0.25, 0.3) is 0 Å². The molecule has 1 heterocycles. The van der Waals surface area contributed by atoms with E-state index >= 15 is 0 Å². The topological polar surface area (TPSA) is 56.1 Å². The van der Waals surface area contributed by atoms with Crippen LogP contribution >= 0.6 is 0 Å². The molecule has 0 aliphatic carbocycles. The lowest BCUT2D eigenvalue weighted by Gasteiger charge is -2.11. The van der Waals surface area contributed by atoms with E-state index in [0.717, 1.165) is 6.42 Å². The van der Waals surface area contributed by atoms with E-state index in [2.05, 4.69) is 10.4 Å².